The number of H-pyrrole nitrogens is 1. The molecule has 0 saturated carbocycles. The molecule has 5 nitrogen and oxygen atoms in total. The van der Waals surface area contributed by atoms with Crippen LogP contribution in [0.4, 0.5) is 5.69 Å². The Balaban J connectivity index is 1.50. The van der Waals surface area contributed by atoms with E-state index in [-0.39, 0.29) is 17.2 Å². The molecule has 0 spiro atoms. The number of benzene rings is 2. The minimum Gasteiger partial charge on any atom is -0.325 e. The van der Waals surface area contributed by atoms with Gasteiger partial charge in [-0.15, -0.1) is 11.3 Å². The summed E-state index contributed by atoms with van der Waals surface area (Å²) >= 11 is 2.67. The standard InChI is InChI=1S/C25H25N3O2S2/c1-14(2)17-6-8-18(9-7-17)19-12-31-24-22(19)23(30)27-25(28-24)32-13-21(29)26-20-10-5-15(3)11-16(20)4/h5-12,14H,13H2,1-4H3,(H,26,29)(H,27,28,30). The smallest absolute Gasteiger partial charge is 0.260 e. The molecule has 2 heterocycles. The maximum atomic E-state index is 12.8. The van der Waals surface area contributed by atoms with Crippen LogP contribution < -0.4 is 10.9 Å². The molecule has 0 radical (unpaired) electrons. The van der Waals surface area contributed by atoms with Crippen LogP contribution in [0.2, 0.25) is 0 Å². The van der Waals surface area contributed by atoms with Gasteiger partial charge in [-0.05, 0) is 42.5 Å². The third-order valence-corrected chi connectivity index (χ3v) is 7.05. The monoisotopic (exact) mass is 463 g/mol. The molecule has 164 valence electrons. The minimum atomic E-state index is -0.184. The molecule has 0 unspecified atom stereocenters. The third kappa shape index (κ3) is 4.79. The number of carbonyl (C=O) groups excluding carboxylic acids is 1. The Hall–Kier alpha value is -2.90. The second-order valence-electron chi connectivity index (χ2n) is 8.13. The number of amides is 1. The normalized spacial score (nSPS) is 11.3. The Morgan fingerprint density at radius 1 is 1.16 bits per heavy atom. The highest BCUT2D eigenvalue weighted by molar-refractivity contribution is 7.99. The minimum absolute atomic E-state index is 0.137. The van der Waals surface area contributed by atoms with Crippen molar-refractivity contribution in [1.82, 2.24) is 9.97 Å². The quantitative estimate of drug-likeness (QED) is 0.267. The van der Waals surface area contributed by atoms with Crippen molar-refractivity contribution in [3.63, 3.8) is 0 Å². The Morgan fingerprint density at radius 3 is 2.59 bits per heavy atom. The Labute approximate surface area is 195 Å². The number of carbonyl (C=O) groups is 1. The number of aromatic nitrogens is 2. The molecule has 0 atom stereocenters. The number of aromatic amines is 1. The van der Waals surface area contributed by atoms with E-state index in [1.54, 1.807) is 0 Å². The summed E-state index contributed by atoms with van der Waals surface area (Å²) in [6.45, 7) is 8.30. The highest BCUT2D eigenvalue weighted by Crippen LogP contribution is 2.32. The van der Waals surface area contributed by atoms with E-state index in [0.717, 1.165) is 27.9 Å². The van der Waals surface area contributed by atoms with Gasteiger partial charge in [0.25, 0.3) is 5.56 Å². The lowest BCUT2D eigenvalue weighted by Crippen LogP contribution is -2.16. The van der Waals surface area contributed by atoms with Crippen molar-refractivity contribution in [3.05, 3.63) is 74.9 Å². The summed E-state index contributed by atoms with van der Waals surface area (Å²) in [7, 11) is 0. The molecule has 4 rings (SSSR count). The fourth-order valence-electron chi connectivity index (χ4n) is 3.53. The highest BCUT2D eigenvalue weighted by atomic mass is 32.2. The first-order chi connectivity index (χ1) is 15.3. The average molecular weight is 464 g/mol. The summed E-state index contributed by atoms with van der Waals surface area (Å²) in [5.74, 6) is 0.485. The summed E-state index contributed by atoms with van der Waals surface area (Å²) in [5.41, 5.74) is 5.93. The third-order valence-electron chi connectivity index (χ3n) is 5.31. The largest absolute Gasteiger partial charge is 0.325 e. The van der Waals surface area contributed by atoms with Crippen LogP contribution in [0.25, 0.3) is 21.3 Å². The van der Waals surface area contributed by atoms with Gasteiger partial charge in [0.2, 0.25) is 5.91 Å². The number of hydrogen-bond donors (Lipinski definition) is 2. The van der Waals surface area contributed by atoms with Gasteiger partial charge in [0.15, 0.2) is 5.16 Å². The van der Waals surface area contributed by atoms with E-state index in [1.807, 2.05) is 37.4 Å². The highest BCUT2D eigenvalue weighted by Gasteiger charge is 2.14. The fraction of sp³-hybridized carbons (Fsp3) is 0.240. The van der Waals surface area contributed by atoms with Crippen LogP contribution >= 0.6 is 23.1 Å². The number of aryl methyl sites for hydroxylation is 2. The Bertz CT molecular complexity index is 1340. The van der Waals surface area contributed by atoms with Gasteiger partial charge in [0, 0.05) is 16.6 Å². The molecular formula is C25H25N3O2S2. The summed E-state index contributed by atoms with van der Waals surface area (Å²) in [4.78, 5) is 33.3. The molecule has 2 N–H and O–H groups in total. The predicted octanol–water partition coefficient (Wildman–Crippen LogP) is 6.12. The van der Waals surface area contributed by atoms with Crippen molar-refractivity contribution in [2.75, 3.05) is 11.1 Å². The van der Waals surface area contributed by atoms with Gasteiger partial charge in [0.05, 0.1) is 11.1 Å². The number of nitrogens with zero attached hydrogens (tertiary/aromatic N) is 1. The van der Waals surface area contributed by atoms with Crippen molar-refractivity contribution in [1.29, 1.82) is 0 Å². The summed E-state index contributed by atoms with van der Waals surface area (Å²) in [5, 5.41) is 5.93. The molecule has 32 heavy (non-hydrogen) atoms. The number of rotatable bonds is 6. The summed E-state index contributed by atoms with van der Waals surface area (Å²) in [6.07, 6.45) is 0. The molecule has 0 aliphatic rings. The van der Waals surface area contributed by atoms with Crippen molar-refractivity contribution in [2.24, 2.45) is 0 Å². The molecule has 1 amide bonds. The first-order valence-corrected chi connectivity index (χ1v) is 12.3. The van der Waals surface area contributed by atoms with Crippen LogP contribution in [0, 0.1) is 13.8 Å². The molecule has 7 heteroatoms. The molecule has 0 aliphatic carbocycles. The number of anilines is 1. The van der Waals surface area contributed by atoms with Gasteiger partial charge < -0.3 is 10.3 Å². The maximum Gasteiger partial charge on any atom is 0.260 e. The number of thiophene rings is 1. The van der Waals surface area contributed by atoms with E-state index in [1.165, 1.54) is 28.7 Å². The first kappa shape index (κ1) is 22.3. The van der Waals surface area contributed by atoms with E-state index >= 15 is 0 Å². The molecule has 0 saturated heterocycles. The lowest BCUT2D eigenvalue weighted by Gasteiger charge is -2.09. The van der Waals surface area contributed by atoms with Crippen molar-refractivity contribution < 1.29 is 4.79 Å². The van der Waals surface area contributed by atoms with Crippen LogP contribution in [0.15, 0.2) is 57.8 Å². The molecule has 0 aliphatic heterocycles. The van der Waals surface area contributed by atoms with E-state index in [9.17, 15) is 9.59 Å². The summed E-state index contributed by atoms with van der Waals surface area (Å²) < 4.78 is 0. The van der Waals surface area contributed by atoms with Crippen LogP contribution in [-0.2, 0) is 4.79 Å². The van der Waals surface area contributed by atoms with Gasteiger partial charge in [-0.1, -0.05) is 67.6 Å². The number of hydrogen-bond acceptors (Lipinski definition) is 5. The average Bonchev–Trinajstić information content (AvgIpc) is 3.19. The number of fused-ring (bicyclic) bond motifs is 1. The van der Waals surface area contributed by atoms with E-state index < -0.39 is 0 Å². The second-order valence-corrected chi connectivity index (χ2v) is 9.95. The van der Waals surface area contributed by atoms with E-state index in [2.05, 4.69) is 53.4 Å². The lowest BCUT2D eigenvalue weighted by atomic mass is 9.99. The number of nitrogens with one attached hydrogen (secondary N) is 2. The SMILES string of the molecule is Cc1ccc(NC(=O)CSc2nc3scc(-c4ccc(C(C)C)cc4)c3c(=O)[nH]2)c(C)c1. The predicted molar refractivity (Wildman–Crippen MR) is 135 cm³/mol. The van der Waals surface area contributed by atoms with Crippen molar-refractivity contribution in [3.8, 4) is 11.1 Å². The van der Waals surface area contributed by atoms with Crippen molar-refractivity contribution in [2.45, 2.75) is 38.8 Å². The number of thioether (sulfide) groups is 1. The molecule has 2 aromatic carbocycles. The van der Waals surface area contributed by atoms with Gasteiger partial charge in [-0.25, -0.2) is 4.98 Å². The molecule has 0 bridgehead atoms. The van der Waals surface area contributed by atoms with Gasteiger partial charge >= 0.3 is 0 Å². The van der Waals surface area contributed by atoms with Crippen LogP contribution in [0.3, 0.4) is 0 Å². The zero-order valence-electron chi connectivity index (χ0n) is 18.5. The molecular weight excluding hydrogens is 438 g/mol. The topological polar surface area (TPSA) is 74.8 Å². The van der Waals surface area contributed by atoms with Gasteiger partial charge in [-0.2, -0.15) is 0 Å². The zero-order chi connectivity index (χ0) is 22.8. The Morgan fingerprint density at radius 2 is 1.91 bits per heavy atom. The zero-order valence-corrected chi connectivity index (χ0v) is 20.1. The molecule has 0 fully saturated rings. The Kier molecular flexibility index (Phi) is 6.48. The van der Waals surface area contributed by atoms with E-state index in [4.69, 9.17) is 0 Å². The molecule has 2 aromatic heterocycles. The van der Waals surface area contributed by atoms with Crippen LogP contribution in [0.5, 0.6) is 0 Å². The maximum absolute atomic E-state index is 12.8. The van der Waals surface area contributed by atoms with Gasteiger partial charge in [0.1, 0.15) is 4.83 Å². The van der Waals surface area contributed by atoms with Crippen molar-refractivity contribution >= 4 is 44.9 Å². The van der Waals surface area contributed by atoms with Gasteiger partial charge in [-0.3, -0.25) is 9.59 Å². The van der Waals surface area contributed by atoms with E-state index in [0.29, 0.717) is 21.3 Å². The van der Waals surface area contributed by atoms with Crippen LogP contribution in [-0.4, -0.2) is 21.6 Å². The first-order valence-electron chi connectivity index (χ1n) is 10.4. The van der Waals surface area contributed by atoms with Crippen LogP contribution in [0.1, 0.15) is 36.5 Å². The lowest BCUT2D eigenvalue weighted by molar-refractivity contribution is -0.113. The summed E-state index contributed by atoms with van der Waals surface area (Å²) in [6, 6.07) is 14.2. The second kappa shape index (κ2) is 9.30. The molecule has 4 aromatic rings. The fourth-order valence-corrected chi connectivity index (χ4v) is 5.20.